The molecule has 2 fully saturated rings. The van der Waals surface area contributed by atoms with Crippen LogP contribution in [0.1, 0.15) is 54.6 Å². The molecule has 0 unspecified atom stereocenters. The fourth-order valence-corrected chi connectivity index (χ4v) is 4.66. The summed E-state index contributed by atoms with van der Waals surface area (Å²) >= 11 is 0. The zero-order valence-corrected chi connectivity index (χ0v) is 20.2. The average Bonchev–Trinajstić information content (AvgIpc) is 3.75. The number of piperidine rings is 1. The lowest BCUT2D eigenvalue weighted by atomic mass is 9.93. The number of rotatable bonds is 7. The number of amides is 1. The average molecular weight is 474 g/mol. The zero-order valence-electron chi connectivity index (χ0n) is 20.2. The predicted molar refractivity (Wildman–Crippen MR) is 133 cm³/mol. The van der Waals surface area contributed by atoms with Crippen LogP contribution in [0.25, 0.3) is 11.1 Å². The molecule has 2 N–H and O–H groups in total. The van der Waals surface area contributed by atoms with Crippen LogP contribution in [0.3, 0.4) is 0 Å². The summed E-state index contributed by atoms with van der Waals surface area (Å²) in [6, 6.07) is 13.2. The monoisotopic (exact) mass is 473 g/mol. The third kappa shape index (κ3) is 5.21. The van der Waals surface area contributed by atoms with Crippen LogP contribution in [-0.2, 0) is 0 Å². The second-order valence-electron chi connectivity index (χ2n) is 9.41. The van der Waals surface area contributed by atoms with E-state index in [1.54, 1.807) is 19.4 Å². The number of aromatic nitrogens is 3. The van der Waals surface area contributed by atoms with Crippen LogP contribution in [0.2, 0.25) is 0 Å². The maximum absolute atomic E-state index is 13.2. The van der Waals surface area contributed by atoms with Crippen molar-refractivity contribution in [2.24, 2.45) is 5.92 Å². The van der Waals surface area contributed by atoms with Gasteiger partial charge >= 0.3 is 0 Å². The Bertz CT molecular complexity index is 1170. The molecule has 1 atom stereocenters. The Labute approximate surface area is 205 Å². The van der Waals surface area contributed by atoms with E-state index in [0.717, 1.165) is 29.7 Å². The van der Waals surface area contributed by atoms with Gasteiger partial charge in [0.1, 0.15) is 17.7 Å². The summed E-state index contributed by atoms with van der Waals surface area (Å²) in [4.78, 5) is 19.6. The summed E-state index contributed by atoms with van der Waals surface area (Å²) in [6.45, 7) is 3.44. The van der Waals surface area contributed by atoms with Crippen LogP contribution in [0.5, 0.6) is 11.6 Å². The van der Waals surface area contributed by atoms with E-state index in [1.165, 1.54) is 12.8 Å². The van der Waals surface area contributed by atoms with E-state index in [4.69, 9.17) is 15.2 Å². The summed E-state index contributed by atoms with van der Waals surface area (Å²) in [7, 11) is 1.62. The molecule has 0 bridgehead atoms. The number of methoxy groups -OCH3 is 1. The number of benzene rings is 1. The molecule has 182 valence electrons. The molecule has 2 aliphatic rings. The number of likely N-dealkylation sites (tertiary alicyclic amines) is 1. The van der Waals surface area contributed by atoms with Gasteiger partial charge < -0.3 is 20.1 Å². The second kappa shape index (κ2) is 9.90. The minimum absolute atomic E-state index is 0.00706. The van der Waals surface area contributed by atoms with Gasteiger partial charge in [-0.1, -0.05) is 0 Å². The van der Waals surface area contributed by atoms with Gasteiger partial charge in [0.2, 0.25) is 5.88 Å². The molecular formula is C27H31N5O3. The molecule has 1 aliphatic carbocycles. The molecule has 3 heterocycles. The van der Waals surface area contributed by atoms with E-state index in [0.29, 0.717) is 42.0 Å². The van der Waals surface area contributed by atoms with Gasteiger partial charge in [-0.05, 0) is 74.9 Å². The standard InChI is InChI=1S/C27H31N5O3/c1-17(18-3-4-18)35-26-10-6-21(16-29-26)22-7-5-20(15-24(22)34-2)27(33)32-13-11-19(12-14-32)23-8-9-25(28)31-30-23/h5-10,15-19H,3-4,11-14H2,1-2H3,(H2,28,31)/t17-/m0/s1. The number of ether oxygens (including phenoxy) is 2. The maximum atomic E-state index is 13.2. The molecule has 0 radical (unpaired) electrons. The number of hydrogen-bond acceptors (Lipinski definition) is 7. The molecule has 1 saturated carbocycles. The Morgan fingerprint density at radius 2 is 1.86 bits per heavy atom. The van der Waals surface area contributed by atoms with Crippen LogP contribution in [0, 0.1) is 5.92 Å². The van der Waals surface area contributed by atoms with Gasteiger partial charge in [0, 0.05) is 48.0 Å². The summed E-state index contributed by atoms with van der Waals surface area (Å²) in [5.41, 5.74) is 8.99. The molecule has 35 heavy (non-hydrogen) atoms. The van der Waals surface area contributed by atoms with Gasteiger partial charge in [-0.3, -0.25) is 4.79 Å². The number of nitrogens with two attached hydrogens (primary N) is 1. The Morgan fingerprint density at radius 1 is 1.06 bits per heavy atom. The van der Waals surface area contributed by atoms with Gasteiger partial charge in [-0.2, -0.15) is 5.10 Å². The number of nitrogens with zero attached hydrogens (tertiary/aromatic N) is 4. The normalized spacial score (nSPS) is 17.1. The van der Waals surface area contributed by atoms with Gasteiger partial charge in [0.15, 0.2) is 0 Å². The lowest BCUT2D eigenvalue weighted by molar-refractivity contribution is 0.0711. The van der Waals surface area contributed by atoms with Crippen molar-refractivity contribution in [1.29, 1.82) is 0 Å². The number of pyridine rings is 1. The van der Waals surface area contributed by atoms with Crippen molar-refractivity contribution in [2.75, 3.05) is 25.9 Å². The SMILES string of the molecule is COc1cc(C(=O)N2CCC(c3ccc(N)nn3)CC2)ccc1-c1ccc(O[C@@H](C)C2CC2)nc1. The van der Waals surface area contributed by atoms with Crippen molar-refractivity contribution >= 4 is 11.7 Å². The first-order valence-electron chi connectivity index (χ1n) is 12.2. The number of carbonyl (C=O) groups excluding carboxylic acids is 1. The molecule has 1 aliphatic heterocycles. The van der Waals surface area contributed by atoms with Crippen LogP contribution in [-0.4, -0.2) is 52.3 Å². The first kappa shape index (κ1) is 23.1. The van der Waals surface area contributed by atoms with Crippen LogP contribution in [0.4, 0.5) is 5.82 Å². The van der Waals surface area contributed by atoms with E-state index >= 15 is 0 Å². The minimum Gasteiger partial charge on any atom is -0.496 e. The number of carbonyl (C=O) groups is 1. The minimum atomic E-state index is 0.00706. The zero-order chi connectivity index (χ0) is 24.4. The summed E-state index contributed by atoms with van der Waals surface area (Å²) in [6.07, 6.45) is 6.14. The second-order valence-corrected chi connectivity index (χ2v) is 9.41. The number of anilines is 1. The first-order valence-corrected chi connectivity index (χ1v) is 12.2. The van der Waals surface area contributed by atoms with Gasteiger partial charge in [-0.15, -0.1) is 5.10 Å². The molecule has 2 aromatic heterocycles. The Kier molecular flexibility index (Phi) is 6.53. The summed E-state index contributed by atoms with van der Waals surface area (Å²) in [5.74, 6) is 2.64. The topological polar surface area (TPSA) is 103 Å². The van der Waals surface area contributed by atoms with Crippen molar-refractivity contribution < 1.29 is 14.3 Å². The molecule has 8 nitrogen and oxygen atoms in total. The Balaban J connectivity index is 1.25. The summed E-state index contributed by atoms with van der Waals surface area (Å²) in [5, 5.41) is 8.17. The van der Waals surface area contributed by atoms with Crippen molar-refractivity contribution in [3.8, 4) is 22.8 Å². The van der Waals surface area contributed by atoms with Crippen molar-refractivity contribution in [3.05, 3.63) is 59.9 Å². The summed E-state index contributed by atoms with van der Waals surface area (Å²) < 4.78 is 11.6. The van der Waals surface area contributed by atoms with Crippen molar-refractivity contribution in [3.63, 3.8) is 0 Å². The fourth-order valence-electron chi connectivity index (χ4n) is 4.66. The predicted octanol–water partition coefficient (Wildman–Crippen LogP) is 4.33. The third-order valence-corrected chi connectivity index (χ3v) is 6.99. The van der Waals surface area contributed by atoms with Crippen molar-refractivity contribution in [2.45, 2.75) is 44.6 Å². The van der Waals surface area contributed by atoms with E-state index in [2.05, 4.69) is 22.1 Å². The van der Waals surface area contributed by atoms with E-state index in [9.17, 15) is 4.79 Å². The molecule has 8 heteroatoms. The highest BCUT2D eigenvalue weighted by Crippen LogP contribution is 2.35. The lowest BCUT2D eigenvalue weighted by Gasteiger charge is -2.31. The van der Waals surface area contributed by atoms with Gasteiger partial charge in [-0.25, -0.2) is 4.98 Å². The number of hydrogen-bond donors (Lipinski definition) is 1. The molecular weight excluding hydrogens is 442 g/mol. The van der Waals surface area contributed by atoms with E-state index in [1.807, 2.05) is 41.3 Å². The smallest absolute Gasteiger partial charge is 0.253 e. The molecule has 1 saturated heterocycles. The van der Waals surface area contributed by atoms with Gasteiger partial charge in [0.25, 0.3) is 5.91 Å². The fraction of sp³-hybridized carbons (Fsp3) is 0.407. The first-order chi connectivity index (χ1) is 17.0. The highest BCUT2D eigenvalue weighted by Gasteiger charge is 2.30. The van der Waals surface area contributed by atoms with Crippen LogP contribution < -0.4 is 15.2 Å². The number of nitrogen functional groups attached to an aromatic ring is 1. The lowest BCUT2D eigenvalue weighted by Crippen LogP contribution is -2.38. The molecule has 3 aromatic rings. The van der Waals surface area contributed by atoms with E-state index in [-0.39, 0.29) is 17.9 Å². The third-order valence-electron chi connectivity index (χ3n) is 6.99. The molecule has 5 rings (SSSR count). The largest absolute Gasteiger partial charge is 0.496 e. The molecule has 0 spiro atoms. The van der Waals surface area contributed by atoms with Crippen LogP contribution in [0.15, 0.2) is 48.7 Å². The highest BCUT2D eigenvalue weighted by atomic mass is 16.5. The Morgan fingerprint density at radius 3 is 2.49 bits per heavy atom. The van der Waals surface area contributed by atoms with Gasteiger partial charge in [0.05, 0.1) is 12.8 Å². The van der Waals surface area contributed by atoms with Crippen LogP contribution >= 0.6 is 0 Å². The van der Waals surface area contributed by atoms with E-state index < -0.39 is 0 Å². The Hall–Kier alpha value is -3.68. The highest BCUT2D eigenvalue weighted by molar-refractivity contribution is 5.95. The molecule has 1 aromatic carbocycles. The quantitative estimate of drug-likeness (QED) is 0.545. The maximum Gasteiger partial charge on any atom is 0.253 e. The van der Waals surface area contributed by atoms with Crippen molar-refractivity contribution in [1.82, 2.24) is 20.1 Å². The molecule has 1 amide bonds.